The molecule has 0 unspecified atom stereocenters. The van der Waals surface area contributed by atoms with Gasteiger partial charge < -0.3 is 19.6 Å². The topological polar surface area (TPSA) is 74.5 Å². The van der Waals surface area contributed by atoms with Gasteiger partial charge in [0.2, 0.25) is 0 Å². The molecule has 7 nitrogen and oxygen atoms in total. The second-order valence-electron chi connectivity index (χ2n) is 9.37. The van der Waals surface area contributed by atoms with Gasteiger partial charge in [-0.05, 0) is 24.1 Å². The number of carbonyl (C=O) groups excluding carboxylic acids is 1. The van der Waals surface area contributed by atoms with Gasteiger partial charge in [-0.25, -0.2) is 4.98 Å². The summed E-state index contributed by atoms with van der Waals surface area (Å²) in [5, 5.41) is 8.85. The molecule has 6 rings (SSSR count). The number of piperazine rings is 1. The number of fused-ring (bicyclic) bond motifs is 2. The zero-order valence-electron chi connectivity index (χ0n) is 19.4. The van der Waals surface area contributed by atoms with E-state index >= 15 is 0 Å². The van der Waals surface area contributed by atoms with E-state index in [1.54, 1.807) is 0 Å². The van der Waals surface area contributed by atoms with Gasteiger partial charge >= 0.3 is 0 Å². The Bertz CT molecular complexity index is 1370. The first-order valence-electron chi connectivity index (χ1n) is 11.9. The Balaban J connectivity index is 1.43. The summed E-state index contributed by atoms with van der Waals surface area (Å²) in [4.78, 5) is 22.8. The highest BCUT2D eigenvalue weighted by molar-refractivity contribution is 6.28. The average molecular weight is 454 g/mol. The maximum atomic E-state index is 13.6. The van der Waals surface area contributed by atoms with Crippen LogP contribution < -0.4 is 15.1 Å². The molecule has 0 radical (unpaired) electrons. The molecule has 1 N–H and O–H groups in total. The molecule has 1 aliphatic carbocycles. The molecule has 1 fully saturated rings. The van der Waals surface area contributed by atoms with Crippen LogP contribution in [0.2, 0.25) is 0 Å². The highest BCUT2D eigenvalue weighted by atomic mass is 16.5. The van der Waals surface area contributed by atoms with E-state index in [1.165, 1.54) is 0 Å². The fraction of sp³-hybridized carbons (Fsp3) is 0.296. The van der Waals surface area contributed by atoms with Gasteiger partial charge in [-0.1, -0.05) is 49.3 Å². The minimum Gasteiger partial charge on any atom is -0.384 e. The van der Waals surface area contributed by atoms with Crippen LogP contribution in [-0.4, -0.2) is 48.6 Å². The fourth-order valence-electron chi connectivity index (χ4n) is 4.95. The monoisotopic (exact) mass is 453 g/mol. The maximum Gasteiger partial charge on any atom is 0.196 e. The number of rotatable bonds is 5. The molecule has 34 heavy (non-hydrogen) atoms. The molecule has 0 amide bonds. The van der Waals surface area contributed by atoms with Crippen LogP contribution in [0.5, 0.6) is 0 Å². The van der Waals surface area contributed by atoms with Crippen LogP contribution in [-0.2, 0) is 0 Å². The Morgan fingerprint density at radius 1 is 1.00 bits per heavy atom. The average Bonchev–Trinajstić information content (AvgIpc) is 3.32. The maximum absolute atomic E-state index is 13.6. The molecule has 3 heterocycles. The molecule has 7 heteroatoms. The lowest BCUT2D eigenvalue weighted by molar-refractivity contribution is 0.104. The van der Waals surface area contributed by atoms with E-state index in [0.29, 0.717) is 22.8 Å². The summed E-state index contributed by atoms with van der Waals surface area (Å²) < 4.78 is 5.90. The van der Waals surface area contributed by atoms with Gasteiger partial charge in [-0.3, -0.25) is 4.79 Å². The summed E-state index contributed by atoms with van der Waals surface area (Å²) >= 11 is 0. The lowest BCUT2D eigenvalue weighted by Crippen LogP contribution is -2.47. The highest BCUT2D eigenvalue weighted by Crippen LogP contribution is 2.46. The molecule has 2 aromatic heterocycles. The predicted molar refractivity (Wildman–Crippen MR) is 135 cm³/mol. The molecule has 0 atom stereocenters. The Morgan fingerprint density at radius 2 is 1.74 bits per heavy atom. The van der Waals surface area contributed by atoms with E-state index in [9.17, 15) is 4.79 Å². The van der Waals surface area contributed by atoms with Gasteiger partial charge in [0.15, 0.2) is 11.5 Å². The first-order valence-corrected chi connectivity index (χ1v) is 11.9. The van der Waals surface area contributed by atoms with Gasteiger partial charge in [0.25, 0.3) is 0 Å². The summed E-state index contributed by atoms with van der Waals surface area (Å²) in [6.07, 6.45) is 1.83. The van der Waals surface area contributed by atoms with Crippen molar-refractivity contribution in [3.63, 3.8) is 0 Å². The van der Waals surface area contributed by atoms with E-state index in [1.807, 2.05) is 42.6 Å². The third kappa shape index (κ3) is 3.31. The molecule has 172 valence electrons. The van der Waals surface area contributed by atoms with Crippen LogP contribution in [0.3, 0.4) is 0 Å². The molecular formula is C27H27N5O2. The van der Waals surface area contributed by atoms with Crippen LogP contribution in [0.25, 0.3) is 22.2 Å². The van der Waals surface area contributed by atoms with Gasteiger partial charge in [-0.15, -0.1) is 0 Å². The third-order valence-electron chi connectivity index (χ3n) is 6.67. The van der Waals surface area contributed by atoms with Crippen molar-refractivity contribution >= 4 is 33.9 Å². The molecule has 2 aromatic carbocycles. The number of aromatic nitrogens is 2. The van der Waals surface area contributed by atoms with Gasteiger partial charge in [0.05, 0.1) is 16.6 Å². The summed E-state index contributed by atoms with van der Waals surface area (Å²) in [5.41, 5.74) is 4.77. The molecule has 0 saturated carbocycles. The third-order valence-corrected chi connectivity index (χ3v) is 6.67. The Morgan fingerprint density at radius 3 is 2.47 bits per heavy atom. The predicted octanol–water partition coefficient (Wildman–Crippen LogP) is 4.83. The number of hydrogen-bond donors (Lipinski definition) is 1. The zero-order valence-corrected chi connectivity index (χ0v) is 19.4. The zero-order chi connectivity index (χ0) is 23.2. The summed E-state index contributed by atoms with van der Waals surface area (Å²) in [6.45, 7) is 8.50. The summed E-state index contributed by atoms with van der Waals surface area (Å²) in [5.74, 6) is 2.15. The Kier molecular flexibility index (Phi) is 4.98. The molecule has 2 aliphatic rings. The van der Waals surface area contributed by atoms with E-state index in [4.69, 9.17) is 4.52 Å². The number of hydrogen-bond acceptors (Lipinski definition) is 7. The summed E-state index contributed by atoms with van der Waals surface area (Å²) in [7, 11) is 0. The first kappa shape index (κ1) is 20.7. The Hall–Kier alpha value is -3.87. The van der Waals surface area contributed by atoms with Crippen molar-refractivity contribution in [1.29, 1.82) is 0 Å². The number of pyridine rings is 1. The van der Waals surface area contributed by atoms with Crippen molar-refractivity contribution in [2.45, 2.75) is 13.8 Å². The number of benzene rings is 2. The van der Waals surface area contributed by atoms with Crippen LogP contribution in [0, 0.1) is 5.92 Å². The molecular weight excluding hydrogens is 426 g/mol. The number of nitrogens with zero attached hydrogens (tertiary/aromatic N) is 4. The Labute approximate surface area is 198 Å². The lowest BCUT2D eigenvalue weighted by Gasteiger charge is -2.37. The van der Waals surface area contributed by atoms with Crippen LogP contribution >= 0.6 is 0 Å². The molecule has 0 spiro atoms. The second kappa shape index (κ2) is 8.17. The van der Waals surface area contributed by atoms with E-state index in [0.717, 1.165) is 66.4 Å². The number of ketones is 1. The normalized spacial score (nSPS) is 15.2. The van der Waals surface area contributed by atoms with Crippen molar-refractivity contribution in [2.75, 3.05) is 47.8 Å². The number of carbonyl (C=O) groups is 1. The molecule has 1 aliphatic heterocycles. The standard InChI is InChI=1S/C27H27N5O2/c1-17(2)16-29-20-15-21(31-11-13-32(14-12-31)22-9-5-6-10-28-22)25-24-23(20)26(33)18-7-3-4-8-19(18)27(24)34-30-25/h3-10,15,17,29H,11-14,16H2,1-2H3. The van der Waals surface area contributed by atoms with E-state index in [-0.39, 0.29) is 5.78 Å². The quantitative estimate of drug-likeness (QED) is 0.409. The van der Waals surface area contributed by atoms with Crippen LogP contribution in [0.15, 0.2) is 59.3 Å². The van der Waals surface area contributed by atoms with Gasteiger partial charge in [0.1, 0.15) is 11.3 Å². The smallest absolute Gasteiger partial charge is 0.196 e. The minimum atomic E-state index is 0.0223. The van der Waals surface area contributed by atoms with Gasteiger partial charge in [-0.2, -0.15) is 0 Å². The molecule has 4 aromatic rings. The molecule has 1 saturated heterocycles. The van der Waals surface area contributed by atoms with Crippen molar-refractivity contribution < 1.29 is 9.32 Å². The number of anilines is 3. The first-order chi connectivity index (χ1) is 16.6. The highest BCUT2D eigenvalue weighted by Gasteiger charge is 2.34. The van der Waals surface area contributed by atoms with E-state index in [2.05, 4.69) is 51.2 Å². The van der Waals surface area contributed by atoms with Gasteiger partial charge in [0, 0.05) is 55.7 Å². The van der Waals surface area contributed by atoms with Crippen molar-refractivity contribution in [3.8, 4) is 11.3 Å². The number of nitrogens with one attached hydrogen (secondary N) is 1. The molecule has 0 bridgehead atoms. The van der Waals surface area contributed by atoms with Crippen molar-refractivity contribution in [3.05, 3.63) is 65.9 Å². The second-order valence-corrected chi connectivity index (χ2v) is 9.37. The van der Waals surface area contributed by atoms with Crippen LogP contribution in [0.4, 0.5) is 17.2 Å². The SMILES string of the molecule is CC(C)CNc1cc(N2CCN(c3ccccn3)CC2)c2noc3c2c1C(=O)c1ccccc1-3. The minimum absolute atomic E-state index is 0.0223. The fourth-order valence-corrected chi connectivity index (χ4v) is 4.95. The van der Waals surface area contributed by atoms with Crippen molar-refractivity contribution in [2.24, 2.45) is 5.92 Å². The van der Waals surface area contributed by atoms with E-state index < -0.39 is 0 Å². The van der Waals surface area contributed by atoms with Crippen LogP contribution in [0.1, 0.15) is 29.8 Å². The lowest BCUT2D eigenvalue weighted by atomic mass is 9.86. The largest absolute Gasteiger partial charge is 0.384 e. The summed E-state index contributed by atoms with van der Waals surface area (Å²) in [6, 6.07) is 15.7. The van der Waals surface area contributed by atoms with Crippen molar-refractivity contribution in [1.82, 2.24) is 10.1 Å².